The normalized spacial score (nSPS) is 22.0. The molecule has 0 amide bonds. The molecule has 2 aromatic rings. The molecule has 1 unspecified atom stereocenters. The monoisotopic (exact) mass is 383 g/mol. The van der Waals surface area contributed by atoms with Gasteiger partial charge < -0.3 is 10.0 Å². The van der Waals surface area contributed by atoms with Crippen LogP contribution in [0.25, 0.3) is 10.8 Å². The minimum absolute atomic E-state index is 0.0205. The number of aliphatic hydroxyl groups excluding tert-OH is 1. The van der Waals surface area contributed by atoms with Gasteiger partial charge in [0.25, 0.3) is 0 Å². The lowest BCUT2D eigenvalue weighted by atomic mass is 9.90. The highest BCUT2D eigenvalue weighted by molar-refractivity contribution is 7.90. The maximum atomic E-state index is 11.5. The van der Waals surface area contributed by atoms with Crippen LogP contribution in [0.3, 0.4) is 0 Å². The summed E-state index contributed by atoms with van der Waals surface area (Å²) in [5, 5.41) is 11.7. The first-order valence-corrected chi connectivity index (χ1v) is 10.6. The van der Waals surface area contributed by atoms with E-state index in [9.17, 15) is 13.5 Å². The Kier molecular flexibility index (Phi) is 4.92. The maximum absolute atomic E-state index is 11.5. The molecule has 1 saturated heterocycles. The number of fused-ring (bicyclic) bond motifs is 1. The zero-order chi connectivity index (χ0) is 18.4. The van der Waals surface area contributed by atoms with E-state index in [0.29, 0.717) is 11.7 Å². The van der Waals surface area contributed by atoms with E-state index in [1.807, 2.05) is 13.8 Å². The van der Waals surface area contributed by atoms with E-state index in [2.05, 4.69) is 14.9 Å². The number of aliphatic hydroxyl groups is 1. The summed E-state index contributed by atoms with van der Waals surface area (Å²) in [6, 6.07) is 1.88. The highest BCUT2D eigenvalue weighted by Gasteiger charge is 2.39. The van der Waals surface area contributed by atoms with Crippen molar-refractivity contribution in [2.75, 3.05) is 30.1 Å². The second-order valence-electron chi connectivity index (χ2n) is 6.92. The van der Waals surface area contributed by atoms with Gasteiger partial charge in [-0.05, 0) is 23.9 Å². The number of rotatable bonds is 5. The van der Waals surface area contributed by atoms with Crippen molar-refractivity contribution in [1.82, 2.24) is 9.97 Å². The van der Waals surface area contributed by atoms with Gasteiger partial charge in [0.05, 0.1) is 5.75 Å². The number of nitrogens with zero attached hydrogens (tertiary/aromatic N) is 3. The molecule has 6 nitrogen and oxygen atoms in total. The molecular formula is C17H22ClN3O3S. The van der Waals surface area contributed by atoms with Crippen molar-refractivity contribution in [2.45, 2.75) is 25.8 Å². The standard InChI is InChI=1S/C17H22ClN3O3S/c1-10(8-22)14-5-20-17(15-6-19-16(18)4-13(14)15)21-7-12(11(21)2)9-25(3,23)24/h4-6,10-12,22H,7-9H2,1-3H3/t10?,11-,12-/m1/s1. The van der Waals surface area contributed by atoms with Crippen LogP contribution in [0.15, 0.2) is 18.5 Å². The third kappa shape index (κ3) is 3.59. The van der Waals surface area contributed by atoms with Crippen LogP contribution in [0.1, 0.15) is 25.3 Å². The predicted molar refractivity (Wildman–Crippen MR) is 100 cm³/mol. The van der Waals surface area contributed by atoms with Crippen molar-refractivity contribution in [2.24, 2.45) is 5.92 Å². The molecule has 1 N–H and O–H groups in total. The van der Waals surface area contributed by atoms with Crippen LogP contribution < -0.4 is 4.90 Å². The number of hydrogen-bond acceptors (Lipinski definition) is 6. The Balaban J connectivity index is 1.99. The van der Waals surface area contributed by atoms with Gasteiger partial charge in [0.1, 0.15) is 20.8 Å². The number of hydrogen-bond donors (Lipinski definition) is 1. The predicted octanol–water partition coefficient (Wildman–Crippen LogP) is 2.25. The lowest BCUT2D eigenvalue weighted by molar-refractivity contribution is 0.273. The summed E-state index contributed by atoms with van der Waals surface area (Å²) in [4.78, 5) is 10.9. The molecule has 0 aliphatic carbocycles. The quantitative estimate of drug-likeness (QED) is 0.797. The molecule has 1 aliphatic heterocycles. The van der Waals surface area contributed by atoms with Gasteiger partial charge in [-0.2, -0.15) is 0 Å². The molecule has 25 heavy (non-hydrogen) atoms. The molecule has 8 heteroatoms. The fourth-order valence-electron chi connectivity index (χ4n) is 3.38. The van der Waals surface area contributed by atoms with E-state index >= 15 is 0 Å². The van der Waals surface area contributed by atoms with E-state index in [-0.39, 0.29) is 30.2 Å². The number of anilines is 1. The van der Waals surface area contributed by atoms with E-state index in [4.69, 9.17) is 11.6 Å². The summed E-state index contributed by atoms with van der Waals surface area (Å²) in [6.07, 6.45) is 4.74. The Morgan fingerprint density at radius 2 is 2.08 bits per heavy atom. The summed E-state index contributed by atoms with van der Waals surface area (Å²) in [6.45, 7) is 4.61. The van der Waals surface area contributed by atoms with Crippen molar-refractivity contribution in [3.8, 4) is 0 Å². The largest absolute Gasteiger partial charge is 0.396 e. The Bertz CT molecular complexity index is 903. The van der Waals surface area contributed by atoms with Gasteiger partial charge in [-0.15, -0.1) is 0 Å². The molecule has 0 spiro atoms. The van der Waals surface area contributed by atoms with Crippen LogP contribution >= 0.6 is 11.6 Å². The first kappa shape index (κ1) is 18.4. The van der Waals surface area contributed by atoms with Crippen molar-refractivity contribution < 1.29 is 13.5 Å². The van der Waals surface area contributed by atoms with Crippen molar-refractivity contribution in [3.63, 3.8) is 0 Å². The van der Waals surface area contributed by atoms with Gasteiger partial charge in [-0.1, -0.05) is 18.5 Å². The fraction of sp³-hybridized carbons (Fsp3) is 0.529. The molecule has 1 aliphatic rings. The van der Waals surface area contributed by atoms with Crippen molar-refractivity contribution in [3.05, 3.63) is 29.2 Å². The van der Waals surface area contributed by atoms with Crippen molar-refractivity contribution in [1.29, 1.82) is 0 Å². The van der Waals surface area contributed by atoms with Gasteiger partial charge in [0.15, 0.2) is 0 Å². The molecule has 3 heterocycles. The second-order valence-corrected chi connectivity index (χ2v) is 9.49. The summed E-state index contributed by atoms with van der Waals surface area (Å²) >= 11 is 6.07. The number of sulfone groups is 1. The Morgan fingerprint density at radius 3 is 2.68 bits per heavy atom. The van der Waals surface area contributed by atoms with Crippen LogP contribution in [-0.4, -0.2) is 54.7 Å². The van der Waals surface area contributed by atoms with E-state index in [1.54, 1.807) is 18.5 Å². The molecule has 0 radical (unpaired) electrons. The average molecular weight is 384 g/mol. The van der Waals surface area contributed by atoms with Crippen LogP contribution in [-0.2, 0) is 9.84 Å². The van der Waals surface area contributed by atoms with E-state index < -0.39 is 9.84 Å². The Labute approximate surface area is 152 Å². The van der Waals surface area contributed by atoms with E-state index in [1.165, 1.54) is 6.26 Å². The molecule has 2 aromatic heterocycles. The van der Waals surface area contributed by atoms with Crippen LogP contribution in [0.2, 0.25) is 5.15 Å². The first-order chi connectivity index (χ1) is 11.7. The zero-order valence-corrected chi connectivity index (χ0v) is 16.0. The zero-order valence-electron chi connectivity index (χ0n) is 14.5. The average Bonchev–Trinajstić information content (AvgIpc) is 2.55. The molecule has 0 aromatic carbocycles. The molecule has 136 valence electrons. The van der Waals surface area contributed by atoms with Gasteiger partial charge in [0.2, 0.25) is 0 Å². The Hall–Kier alpha value is -1.44. The van der Waals surface area contributed by atoms with Gasteiger partial charge in [-0.3, -0.25) is 0 Å². The smallest absolute Gasteiger partial charge is 0.147 e. The summed E-state index contributed by atoms with van der Waals surface area (Å²) in [7, 11) is -3.00. The highest BCUT2D eigenvalue weighted by atomic mass is 35.5. The number of aromatic nitrogens is 2. The maximum Gasteiger partial charge on any atom is 0.147 e. The molecule has 0 saturated carbocycles. The Morgan fingerprint density at radius 1 is 1.36 bits per heavy atom. The third-order valence-corrected chi connectivity index (χ3v) is 6.19. The summed E-state index contributed by atoms with van der Waals surface area (Å²) in [5.41, 5.74) is 0.923. The number of pyridine rings is 2. The third-order valence-electron chi connectivity index (χ3n) is 4.95. The topological polar surface area (TPSA) is 83.4 Å². The minimum atomic E-state index is -3.00. The highest BCUT2D eigenvalue weighted by Crippen LogP contribution is 2.37. The van der Waals surface area contributed by atoms with Gasteiger partial charge in [-0.25, -0.2) is 18.4 Å². The van der Waals surface area contributed by atoms with Crippen molar-refractivity contribution >= 4 is 38.0 Å². The van der Waals surface area contributed by atoms with Crippen LogP contribution in [0.4, 0.5) is 5.82 Å². The summed E-state index contributed by atoms with van der Waals surface area (Å²) in [5.74, 6) is 1.01. The van der Waals surface area contributed by atoms with Gasteiger partial charge in [0, 0.05) is 55.1 Å². The lowest BCUT2D eigenvalue weighted by Crippen LogP contribution is -2.57. The molecule has 3 atom stereocenters. The second kappa shape index (κ2) is 6.70. The number of halogens is 1. The lowest BCUT2D eigenvalue weighted by Gasteiger charge is -2.47. The molecule has 3 rings (SSSR count). The first-order valence-electron chi connectivity index (χ1n) is 8.20. The van der Waals surface area contributed by atoms with Crippen LogP contribution in [0.5, 0.6) is 0 Å². The van der Waals surface area contributed by atoms with Crippen LogP contribution in [0, 0.1) is 5.92 Å². The minimum Gasteiger partial charge on any atom is -0.396 e. The molecule has 0 bridgehead atoms. The summed E-state index contributed by atoms with van der Waals surface area (Å²) < 4.78 is 23.1. The SMILES string of the molecule is CC(CO)c1cnc(N2C[C@H](CS(C)(=O)=O)[C@H]2C)c2cnc(Cl)cc12. The fourth-order valence-corrected chi connectivity index (χ4v) is 4.70. The molecular weight excluding hydrogens is 362 g/mol. The molecule has 1 fully saturated rings. The van der Waals surface area contributed by atoms with E-state index in [0.717, 1.165) is 22.2 Å². The van der Waals surface area contributed by atoms with Gasteiger partial charge >= 0.3 is 0 Å².